The quantitative estimate of drug-likeness (QED) is 0.0196. The number of phosphoric ester groups is 1. The van der Waals surface area contributed by atoms with E-state index in [2.05, 4.69) is 49.5 Å². The average Bonchev–Trinajstić information content (AvgIpc) is 3.18. The SMILES string of the molecule is CCCCCCCC/C=C\CCCC(O)CC(=O)NC(COP(=O)(O)OC1C(O)C(O)C(O)C(O)C1O)C(O)/C=C/CC/C=C/CC/C=C/CCCCCCCC. The lowest BCUT2D eigenvalue weighted by molar-refractivity contribution is -0.220. The molecule has 0 aliphatic heterocycles. The first-order chi connectivity index (χ1) is 27.3. The van der Waals surface area contributed by atoms with Crippen molar-refractivity contribution in [1.29, 1.82) is 0 Å². The normalized spacial score (nSPS) is 24.5. The van der Waals surface area contributed by atoms with E-state index in [0.717, 1.165) is 38.5 Å². The maximum absolute atomic E-state index is 12.9. The van der Waals surface area contributed by atoms with E-state index >= 15 is 0 Å². The molecule has 0 radical (unpaired) electrons. The molecule has 1 aliphatic rings. The van der Waals surface area contributed by atoms with Crippen molar-refractivity contribution in [1.82, 2.24) is 5.32 Å². The lowest BCUT2D eigenvalue weighted by atomic mass is 9.85. The van der Waals surface area contributed by atoms with E-state index in [1.165, 1.54) is 76.7 Å². The summed E-state index contributed by atoms with van der Waals surface area (Å²) in [5, 5.41) is 74.2. The largest absolute Gasteiger partial charge is 0.472 e. The second-order valence-corrected chi connectivity index (χ2v) is 16.8. The second kappa shape index (κ2) is 33.0. The van der Waals surface area contributed by atoms with Gasteiger partial charge in [-0.05, 0) is 70.6 Å². The van der Waals surface area contributed by atoms with Gasteiger partial charge in [-0.2, -0.15) is 0 Å². The van der Waals surface area contributed by atoms with Gasteiger partial charge in [0.2, 0.25) is 5.91 Å². The molecular formula is C43H78NO12P. The molecule has 14 heteroatoms. The Hall–Kier alpha value is -1.74. The third-order valence-corrected chi connectivity index (χ3v) is 11.1. The fourth-order valence-corrected chi connectivity index (χ4v) is 7.47. The van der Waals surface area contributed by atoms with Crippen LogP contribution in [0.5, 0.6) is 0 Å². The van der Waals surface area contributed by atoms with Gasteiger partial charge in [0.25, 0.3) is 0 Å². The average molecular weight is 832 g/mol. The number of unbranched alkanes of at least 4 members (excludes halogenated alkanes) is 15. The van der Waals surface area contributed by atoms with Gasteiger partial charge >= 0.3 is 7.82 Å². The predicted molar refractivity (Wildman–Crippen MR) is 224 cm³/mol. The number of aliphatic hydroxyl groups is 7. The molecule has 13 nitrogen and oxygen atoms in total. The van der Waals surface area contributed by atoms with E-state index in [0.29, 0.717) is 25.7 Å². The highest BCUT2D eigenvalue weighted by atomic mass is 31.2. The van der Waals surface area contributed by atoms with E-state index in [9.17, 15) is 50.0 Å². The van der Waals surface area contributed by atoms with Crippen LogP contribution in [0.2, 0.25) is 0 Å². The number of carbonyl (C=O) groups is 1. The molecule has 0 bridgehead atoms. The zero-order valence-electron chi connectivity index (χ0n) is 34.7. The lowest BCUT2D eigenvalue weighted by Crippen LogP contribution is -2.64. The van der Waals surface area contributed by atoms with Crippen LogP contribution in [0.15, 0.2) is 48.6 Å². The molecule has 8 atom stereocenters. The summed E-state index contributed by atoms with van der Waals surface area (Å²) in [7, 11) is -5.15. The zero-order chi connectivity index (χ0) is 42.3. The standard InChI is InChI=1S/C43H78NO12P/c1-3-5-7-9-11-13-15-16-17-18-19-21-23-25-27-29-31-36(46)35(33-55-57(53,54)56-43-41(51)39(49)38(48)40(50)42(43)52)44-37(47)32-34(45)30-28-26-24-22-20-14-12-10-8-6-4-2/h16-17,21-24,29,31,34-36,38-43,45-46,48-52H,3-15,18-20,25-28,30,32-33H2,1-2H3,(H,44,47)(H,53,54)/b17-16+,23-21+,24-22-,31-29+. The number of rotatable bonds is 34. The Morgan fingerprint density at radius 1 is 0.614 bits per heavy atom. The fourth-order valence-electron chi connectivity index (χ4n) is 6.51. The third-order valence-electron chi connectivity index (χ3n) is 10.1. The fraction of sp³-hybridized carbons (Fsp3) is 0.791. The summed E-state index contributed by atoms with van der Waals surface area (Å²) in [5.74, 6) is -0.627. The maximum Gasteiger partial charge on any atom is 0.472 e. The summed E-state index contributed by atoms with van der Waals surface area (Å²) >= 11 is 0. The van der Waals surface area contributed by atoms with Crippen molar-refractivity contribution < 1.29 is 59.0 Å². The summed E-state index contributed by atoms with van der Waals surface area (Å²) in [6, 6.07) is -1.27. The molecule has 0 aromatic heterocycles. The molecule has 57 heavy (non-hydrogen) atoms. The van der Waals surface area contributed by atoms with Crippen molar-refractivity contribution in [2.75, 3.05) is 6.61 Å². The minimum Gasteiger partial charge on any atom is -0.393 e. The van der Waals surface area contributed by atoms with Crippen molar-refractivity contribution >= 4 is 13.7 Å². The number of carbonyl (C=O) groups excluding carboxylic acids is 1. The van der Waals surface area contributed by atoms with Gasteiger partial charge in [0.05, 0.1) is 31.3 Å². The number of amides is 1. The Bertz CT molecular complexity index is 1170. The van der Waals surface area contributed by atoms with Crippen LogP contribution < -0.4 is 5.32 Å². The highest BCUT2D eigenvalue weighted by Crippen LogP contribution is 2.47. The second-order valence-electron chi connectivity index (χ2n) is 15.4. The van der Waals surface area contributed by atoms with E-state index < -0.39 is 75.2 Å². The number of phosphoric acid groups is 1. The van der Waals surface area contributed by atoms with Gasteiger partial charge < -0.3 is 46.0 Å². The Kier molecular flexibility index (Phi) is 30.9. The number of hydrogen-bond acceptors (Lipinski definition) is 11. The first kappa shape index (κ1) is 53.3. The van der Waals surface area contributed by atoms with Crippen LogP contribution in [0.25, 0.3) is 0 Å². The number of hydrogen-bond donors (Lipinski definition) is 9. The van der Waals surface area contributed by atoms with E-state index in [4.69, 9.17) is 9.05 Å². The van der Waals surface area contributed by atoms with Gasteiger partial charge in [0, 0.05) is 0 Å². The molecule has 0 heterocycles. The van der Waals surface area contributed by atoms with Crippen LogP contribution in [0.1, 0.15) is 155 Å². The molecule has 1 saturated carbocycles. The van der Waals surface area contributed by atoms with Crippen molar-refractivity contribution in [3.05, 3.63) is 48.6 Å². The number of nitrogens with one attached hydrogen (secondary N) is 1. The van der Waals surface area contributed by atoms with Gasteiger partial charge in [-0.1, -0.05) is 127 Å². The van der Waals surface area contributed by atoms with Crippen molar-refractivity contribution in [2.45, 2.75) is 210 Å². The molecule has 0 saturated heterocycles. The summed E-state index contributed by atoms with van der Waals surface area (Å²) in [4.78, 5) is 23.3. The third kappa shape index (κ3) is 25.5. The maximum atomic E-state index is 12.9. The van der Waals surface area contributed by atoms with Gasteiger partial charge in [0.15, 0.2) is 0 Å². The van der Waals surface area contributed by atoms with Gasteiger partial charge in [-0.25, -0.2) is 4.57 Å². The smallest absolute Gasteiger partial charge is 0.393 e. The van der Waals surface area contributed by atoms with Crippen LogP contribution >= 0.6 is 7.82 Å². The van der Waals surface area contributed by atoms with Crippen LogP contribution in [0.3, 0.4) is 0 Å². The Labute approximate surface area is 342 Å². The highest BCUT2D eigenvalue weighted by Gasteiger charge is 2.51. The van der Waals surface area contributed by atoms with E-state index in [1.807, 2.05) is 6.08 Å². The number of allylic oxidation sites excluding steroid dienone is 7. The molecule has 8 unspecified atom stereocenters. The molecule has 0 aromatic carbocycles. The van der Waals surface area contributed by atoms with Crippen LogP contribution in [0, 0.1) is 0 Å². The van der Waals surface area contributed by atoms with E-state index in [-0.39, 0.29) is 6.42 Å². The monoisotopic (exact) mass is 832 g/mol. The molecule has 1 amide bonds. The first-order valence-corrected chi connectivity index (χ1v) is 23.2. The van der Waals surface area contributed by atoms with Crippen LogP contribution in [-0.2, 0) is 18.4 Å². The Morgan fingerprint density at radius 3 is 1.54 bits per heavy atom. The Balaban J connectivity index is 2.67. The lowest BCUT2D eigenvalue weighted by Gasteiger charge is -2.41. The van der Waals surface area contributed by atoms with E-state index in [1.54, 1.807) is 6.08 Å². The van der Waals surface area contributed by atoms with Gasteiger partial charge in [-0.15, -0.1) is 0 Å². The molecule has 1 aliphatic carbocycles. The van der Waals surface area contributed by atoms with Gasteiger partial charge in [0.1, 0.15) is 36.6 Å². The summed E-state index contributed by atoms with van der Waals surface area (Å²) in [6.07, 6.45) is 23.6. The van der Waals surface area contributed by atoms with Crippen LogP contribution in [0.4, 0.5) is 0 Å². The molecular weight excluding hydrogens is 753 g/mol. The summed E-state index contributed by atoms with van der Waals surface area (Å²) < 4.78 is 22.8. The topological polar surface area (TPSA) is 226 Å². The first-order valence-electron chi connectivity index (χ1n) is 21.7. The summed E-state index contributed by atoms with van der Waals surface area (Å²) in [5.41, 5.74) is 0. The Morgan fingerprint density at radius 2 is 1.04 bits per heavy atom. The van der Waals surface area contributed by atoms with Gasteiger partial charge in [-0.3, -0.25) is 13.8 Å². The minimum atomic E-state index is -5.15. The van der Waals surface area contributed by atoms with Crippen molar-refractivity contribution in [2.24, 2.45) is 0 Å². The summed E-state index contributed by atoms with van der Waals surface area (Å²) in [6.45, 7) is 3.66. The van der Waals surface area contributed by atoms with Crippen molar-refractivity contribution in [3.63, 3.8) is 0 Å². The van der Waals surface area contributed by atoms with Crippen LogP contribution in [-0.4, -0.2) is 108 Å². The zero-order valence-corrected chi connectivity index (χ0v) is 35.6. The molecule has 0 spiro atoms. The molecule has 332 valence electrons. The van der Waals surface area contributed by atoms with Crippen molar-refractivity contribution in [3.8, 4) is 0 Å². The molecule has 1 rings (SSSR count). The highest BCUT2D eigenvalue weighted by molar-refractivity contribution is 7.47. The number of aliphatic hydroxyl groups excluding tert-OH is 7. The predicted octanol–water partition coefficient (Wildman–Crippen LogP) is 6.36. The minimum absolute atomic E-state index is 0.278. The molecule has 9 N–H and O–H groups in total. The molecule has 0 aromatic rings. The molecule has 1 fully saturated rings.